The van der Waals surface area contributed by atoms with Gasteiger partial charge in [0.15, 0.2) is 0 Å². The van der Waals surface area contributed by atoms with E-state index in [0.29, 0.717) is 24.4 Å². The van der Waals surface area contributed by atoms with E-state index < -0.39 is 17.8 Å². The molecule has 1 aliphatic rings. The van der Waals surface area contributed by atoms with Gasteiger partial charge in [-0.05, 0) is 40.5 Å². The second kappa shape index (κ2) is 10.8. The average Bonchev–Trinajstić information content (AvgIpc) is 2.90. The van der Waals surface area contributed by atoms with Crippen LogP contribution in [0, 0.1) is 0 Å². The first-order valence-electron chi connectivity index (χ1n) is 12.2. The van der Waals surface area contributed by atoms with Gasteiger partial charge in [0.05, 0.1) is 24.8 Å². The van der Waals surface area contributed by atoms with Gasteiger partial charge in [0.2, 0.25) is 0 Å². The molecule has 1 heterocycles. The van der Waals surface area contributed by atoms with Crippen molar-refractivity contribution in [1.82, 2.24) is 4.90 Å². The Morgan fingerprint density at radius 3 is 1.78 bits per heavy atom. The molecule has 3 nitrogen and oxygen atoms in total. The van der Waals surface area contributed by atoms with E-state index in [1.807, 2.05) is 36.4 Å². The Hall–Kier alpha value is -3.61. The molecule has 0 saturated carbocycles. The van der Waals surface area contributed by atoms with Gasteiger partial charge < -0.3 is 9.47 Å². The Kier molecular flexibility index (Phi) is 7.31. The van der Waals surface area contributed by atoms with Gasteiger partial charge in [0.25, 0.3) is 0 Å². The number of hydrogen-bond acceptors (Lipinski definition) is 3. The number of alkyl halides is 3. The first kappa shape index (κ1) is 25.1. The topological polar surface area (TPSA) is 21.7 Å². The molecule has 0 amide bonds. The predicted molar refractivity (Wildman–Crippen MR) is 137 cm³/mol. The Morgan fingerprint density at radius 2 is 1.24 bits per heavy atom. The van der Waals surface area contributed by atoms with E-state index in [1.54, 1.807) is 37.4 Å². The number of hydrogen-bond donors (Lipinski definition) is 0. The Labute approximate surface area is 215 Å². The van der Waals surface area contributed by atoms with Gasteiger partial charge in [-0.3, -0.25) is 4.90 Å². The van der Waals surface area contributed by atoms with Crippen LogP contribution in [0.15, 0.2) is 109 Å². The lowest BCUT2D eigenvalue weighted by Gasteiger charge is -2.45. The SMILES string of the molecule is COc1ccc(C(OC2CN(C(c3ccccc3)c3ccccc3)C2)c2ccccc2C(F)(F)F)cc1. The minimum absolute atomic E-state index is 0.0455. The van der Waals surface area contributed by atoms with E-state index >= 15 is 0 Å². The van der Waals surface area contributed by atoms with Crippen LogP contribution in [0.2, 0.25) is 0 Å². The summed E-state index contributed by atoms with van der Waals surface area (Å²) in [5.41, 5.74) is 2.42. The molecule has 6 heteroatoms. The summed E-state index contributed by atoms with van der Waals surface area (Å²) in [6, 6.07) is 33.2. The minimum Gasteiger partial charge on any atom is -0.497 e. The lowest BCUT2D eigenvalue weighted by atomic mass is 9.93. The van der Waals surface area contributed by atoms with Crippen LogP contribution in [0.1, 0.15) is 40.0 Å². The standard InChI is InChI=1S/C31H28F3NO2/c1-36-25-18-16-24(17-19-25)30(27-14-8-9-15-28(27)31(32,33)34)37-26-20-35(21-26)29(22-10-4-2-5-11-22)23-12-6-3-7-13-23/h2-19,26,29-30H,20-21H2,1H3. The molecule has 1 unspecified atom stereocenters. The summed E-state index contributed by atoms with van der Waals surface area (Å²) in [7, 11) is 1.56. The van der Waals surface area contributed by atoms with E-state index in [1.165, 1.54) is 23.3 Å². The van der Waals surface area contributed by atoms with Gasteiger partial charge in [-0.2, -0.15) is 13.2 Å². The predicted octanol–water partition coefficient (Wildman–Crippen LogP) is 7.29. The Balaban J connectivity index is 1.42. The lowest BCUT2D eigenvalue weighted by molar-refractivity contribution is -0.141. The summed E-state index contributed by atoms with van der Waals surface area (Å²) < 4.78 is 53.5. The summed E-state index contributed by atoms with van der Waals surface area (Å²) in [6.07, 6.45) is -5.56. The quantitative estimate of drug-likeness (QED) is 0.252. The van der Waals surface area contributed by atoms with Gasteiger partial charge in [-0.15, -0.1) is 0 Å². The van der Waals surface area contributed by atoms with Crippen molar-refractivity contribution in [2.45, 2.75) is 24.4 Å². The molecule has 0 aliphatic carbocycles. The molecule has 4 aromatic rings. The van der Waals surface area contributed by atoms with Gasteiger partial charge in [-0.25, -0.2) is 0 Å². The van der Waals surface area contributed by atoms with Crippen LogP contribution in [0.5, 0.6) is 5.75 Å². The van der Waals surface area contributed by atoms with Gasteiger partial charge in [-0.1, -0.05) is 91.0 Å². The maximum atomic E-state index is 13.9. The third-order valence-corrected chi connectivity index (χ3v) is 6.77. The molecular formula is C31H28F3NO2. The number of nitrogens with zero attached hydrogens (tertiary/aromatic N) is 1. The number of methoxy groups -OCH3 is 1. The third-order valence-electron chi connectivity index (χ3n) is 6.77. The molecule has 1 saturated heterocycles. The van der Waals surface area contributed by atoms with Crippen molar-refractivity contribution in [3.63, 3.8) is 0 Å². The summed E-state index contributed by atoms with van der Waals surface area (Å²) in [5.74, 6) is 0.634. The summed E-state index contributed by atoms with van der Waals surface area (Å²) >= 11 is 0. The number of likely N-dealkylation sites (tertiary alicyclic amines) is 1. The maximum Gasteiger partial charge on any atom is 0.416 e. The first-order chi connectivity index (χ1) is 17.9. The van der Waals surface area contributed by atoms with Crippen molar-refractivity contribution < 1.29 is 22.6 Å². The molecule has 1 atom stereocenters. The van der Waals surface area contributed by atoms with E-state index in [2.05, 4.69) is 29.2 Å². The van der Waals surface area contributed by atoms with Crippen molar-refractivity contribution in [3.05, 3.63) is 137 Å². The molecule has 5 rings (SSSR count). The van der Waals surface area contributed by atoms with Gasteiger partial charge in [0.1, 0.15) is 11.9 Å². The van der Waals surface area contributed by atoms with Crippen LogP contribution in [-0.2, 0) is 10.9 Å². The van der Waals surface area contributed by atoms with Crippen molar-refractivity contribution in [2.24, 2.45) is 0 Å². The number of rotatable bonds is 8. The normalized spacial score (nSPS) is 15.4. The fourth-order valence-corrected chi connectivity index (χ4v) is 4.94. The van der Waals surface area contributed by atoms with E-state index in [0.717, 1.165) is 6.07 Å². The smallest absolute Gasteiger partial charge is 0.416 e. The molecular weight excluding hydrogens is 475 g/mol. The highest BCUT2D eigenvalue weighted by Crippen LogP contribution is 2.41. The van der Waals surface area contributed by atoms with Crippen molar-refractivity contribution in [3.8, 4) is 5.75 Å². The zero-order chi connectivity index (χ0) is 25.8. The van der Waals surface area contributed by atoms with Gasteiger partial charge in [0, 0.05) is 13.1 Å². The van der Waals surface area contributed by atoms with E-state index in [4.69, 9.17) is 9.47 Å². The van der Waals surface area contributed by atoms with E-state index in [9.17, 15) is 13.2 Å². The Bertz CT molecular complexity index is 1250. The molecule has 1 fully saturated rings. The van der Waals surface area contributed by atoms with Gasteiger partial charge >= 0.3 is 6.18 Å². The average molecular weight is 504 g/mol. The van der Waals surface area contributed by atoms with Crippen molar-refractivity contribution in [1.29, 1.82) is 0 Å². The molecule has 0 N–H and O–H groups in total. The van der Waals surface area contributed by atoms with Crippen LogP contribution >= 0.6 is 0 Å². The summed E-state index contributed by atoms with van der Waals surface area (Å²) in [5, 5.41) is 0. The zero-order valence-corrected chi connectivity index (χ0v) is 20.4. The first-order valence-corrected chi connectivity index (χ1v) is 12.2. The number of benzene rings is 4. The van der Waals surface area contributed by atoms with Crippen LogP contribution < -0.4 is 4.74 Å². The fourth-order valence-electron chi connectivity index (χ4n) is 4.94. The van der Waals surface area contributed by atoms with Crippen LogP contribution in [0.25, 0.3) is 0 Å². The molecule has 37 heavy (non-hydrogen) atoms. The molecule has 0 aromatic heterocycles. The van der Waals surface area contributed by atoms with Crippen molar-refractivity contribution in [2.75, 3.05) is 20.2 Å². The summed E-state index contributed by atoms with van der Waals surface area (Å²) in [6.45, 7) is 1.21. The van der Waals surface area contributed by atoms with Crippen LogP contribution in [0.4, 0.5) is 13.2 Å². The van der Waals surface area contributed by atoms with E-state index in [-0.39, 0.29) is 17.7 Å². The lowest BCUT2D eigenvalue weighted by Crippen LogP contribution is -2.54. The largest absolute Gasteiger partial charge is 0.497 e. The van der Waals surface area contributed by atoms with Crippen LogP contribution in [0.3, 0.4) is 0 Å². The molecule has 4 aromatic carbocycles. The second-order valence-corrected chi connectivity index (χ2v) is 9.17. The minimum atomic E-state index is -4.48. The molecule has 0 bridgehead atoms. The Morgan fingerprint density at radius 1 is 0.703 bits per heavy atom. The third kappa shape index (κ3) is 5.55. The monoisotopic (exact) mass is 503 g/mol. The molecule has 0 radical (unpaired) electrons. The second-order valence-electron chi connectivity index (χ2n) is 9.17. The molecule has 0 spiro atoms. The highest BCUT2D eigenvalue weighted by molar-refractivity contribution is 5.40. The number of halogens is 3. The maximum absolute atomic E-state index is 13.9. The molecule has 190 valence electrons. The highest BCUT2D eigenvalue weighted by Gasteiger charge is 2.39. The molecule has 1 aliphatic heterocycles. The van der Waals surface area contributed by atoms with Crippen LogP contribution in [-0.4, -0.2) is 31.2 Å². The highest BCUT2D eigenvalue weighted by atomic mass is 19.4. The zero-order valence-electron chi connectivity index (χ0n) is 20.4. The number of ether oxygens (including phenoxy) is 2. The summed E-state index contributed by atoms with van der Waals surface area (Å²) in [4.78, 5) is 2.30. The van der Waals surface area contributed by atoms with Crippen molar-refractivity contribution >= 4 is 0 Å². The fraction of sp³-hybridized carbons (Fsp3) is 0.226.